The minimum absolute atomic E-state index is 0.0908. The smallest absolute Gasteiger partial charge is 0.222 e. The first-order chi connectivity index (χ1) is 11.1. The molecule has 2 aromatic carbocycles. The molecule has 0 aliphatic heterocycles. The van der Waals surface area contributed by atoms with E-state index in [4.69, 9.17) is 0 Å². The second kappa shape index (κ2) is 9.38. The van der Waals surface area contributed by atoms with Crippen molar-refractivity contribution in [1.29, 1.82) is 0 Å². The first-order valence-corrected chi connectivity index (χ1v) is 8.82. The summed E-state index contributed by atoms with van der Waals surface area (Å²) in [5.74, 6) is 1.00. The van der Waals surface area contributed by atoms with E-state index in [1.165, 1.54) is 5.56 Å². The van der Waals surface area contributed by atoms with E-state index in [-0.39, 0.29) is 11.3 Å². The zero-order chi connectivity index (χ0) is 16.5. The zero-order valence-electron chi connectivity index (χ0n) is 13.7. The van der Waals surface area contributed by atoms with Gasteiger partial charge in [-0.05, 0) is 25.2 Å². The van der Waals surface area contributed by atoms with Crippen LogP contribution < -0.4 is 5.32 Å². The molecule has 1 N–H and O–H groups in total. The Labute approximate surface area is 143 Å². The Bertz CT molecular complexity index is 587. The summed E-state index contributed by atoms with van der Waals surface area (Å²) in [6.07, 6.45) is 0.497. The number of hydrogen-bond acceptors (Lipinski definition) is 3. The fourth-order valence-electron chi connectivity index (χ4n) is 2.18. The number of amides is 1. The molecule has 0 saturated carbocycles. The molecule has 0 aromatic heterocycles. The molecule has 0 radical (unpaired) electrons. The van der Waals surface area contributed by atoms with Crippen molar-refractivity contribution in [1.82, 2.24) is 10.2 Å². The van der Waals surface area contributed by atoms with Crippen molar-refractivity contribution in [2.45, 2.75) is 24.1 Å². The van der Waals surface area contributed by atoms with Gasteiger partial charge in [-0.2, -0.15) is 0 Å². The summed E-state index contributed by atoms with van der Waals surface area (Å²) in [6, 6.07) is 20.4. The van der Waals surface area contributed by atoms with E-state index >= 15 is 0 Å². The molecule has 0 spiro atoms. The van der Waals surface area contributed by atoms with Crippen LogP contribution in [0, 0.1) is 0 Å². The van der Waals surface area contributed by atoms with Crippen LogP contribution in [0.2, 0.25) is 0 Å². The molecule has 122 valence electrons. The number of nitrogens with one attached hydrogen (secondary N) is 1. The molecular weight excluding hydrogens is 304 g/mol. The van der Waals surface area contributed by atoms with Gasteiger partial charge in [-0.3, -0.25) is 9.69 Å². The molecule has 2 rings (SSSR count). The van der Waals surface area contributed by atoms with Gasteiger partial charge in [0.1, 0.15) is 0 Å². The van der Waals surface area contributed by atoms with Gasteiger partial charge in [0, 0.05) is 12.3 Å². The van der Waals surface area contributed by atoms with E-state index in [9.17, 15) is 4.79 Å². The predicted octanol–water partition coefficient (Wildman–Crippen LogP) is 3.51. The van der Waals surface area contributed by atoms with E-state index in [1.54, 1.807) is 11.8 Å². The SMILES string of the molecule is CN(C)C(CC(=O)NCc1ccccc1)SCc1ccccc1. The number of nitrogens with zero attached hydrogens (tertiary/aromatic N) is 1. The van der Waals surface area contributed by atoms with Gasteiger partial charge in [-0.1, -0.05) is 60.7 Å². The van der Waals surface area contributed by atoms with E-state index in [1.807, 2.05) is 62.6 Å². The topological polar surface area (TPSA) is 32.3 Å². The average molecular weight is 328 g/mol. The Morgan fingerprint density at radius 2 is 1.57 bits per heavy atom. The maximum absolute atomic E-state index is 12.2. The van der Waals surface area contributed by atoms with E-state index < -0.39 is 0 Å². The highest BCUT2D eigenvalue weighted by molar-refractivity contribution is 7.99. The maximum Gasteiger partial charge on any atom is 0.222 e. The minimum Gasteiger partial charge on any atom is -0.352 e. The standard InChI is InChI=1S/C19H24N2OS/c1-21(2)19(23-15-17-11-7-4-8-12-17)13-18(22)20-14-16-9-5-3-6-10-16/h3-12,19H,13-15H2,1-2H3,(H,20,22). The Morgan fingerprint density at radius 3 is 2.13 bits per heavy atom. The Hall–Kier alpha value is -1.78. The van der Waals surface area contributed by atoms with Crippen LogP contribution in [0.1, 0.15) is 17.5 Å². The number of rotatable bonds is 8. The van der Waals surface area contributed by atoms with E-state index in [2.05, 4.69) is 22.3 Å². The first kappa shape index (κ1) is 17.6. The van der Waals surface area contributed by atoms with Crippen molar-refractivity contribution >= 4 is 17.7 Å². The molecule has 0 aliphatic rings. The molecule has 1 amide bonds. The van der Waals surface area contributed by atoms with Crippen LogP contribution in [0.5, 0.6) is 0 Å². The lowest BCUT2D eigenvalue weighted by molar-refractivity contribution is -0.121. The third-order valence-corrected chi connectivity index (χ3v) is 5.03. The third kappa shape index (κ3) is 6.47. The highest BCUT2D eigenvalue weighted by Crippen LogP contribution is 2.21. The van der Waals surface area contributed by atoms with Crippen molar-refractivity contribution in [3.05, 3.63) is 71.8 Å². The summed E-state index contributed by atoms with van der Waals surface area (Å²) in [5.41, 5.74) is 2.41. The molecule has 23 heavy (non-hydrogen) atoms. The quantitative estimate of drug-likeness (QED) is 0.753. The van der Waals surface area contributed by atoms with Gasteiger partial charge in [-0.25, -0.2) is 0 Å². The Morgan fingerprint density at radius 1 is 1.00 bits per heavy atom. The molecule has 2 aromatic rings. The van der Waals surface area contributed by atoms with Crippen molar-refractivity contribution in [3.63, 3.8) is 0 Å². The largest absolute Gasteiger partial charge is 0.352 e. The summed E-state index contributed by atoms with van der Waals surface area (Å²) in [7, 11) is 4.04. The fourth-order valence-corrected chi connectivity index (χ4v) is 3.33. The summed E-state index contributed by atoms with van der Waals surface area (Å²) in [5, 5.41) is 3.18. The monoisotopic (exact) mass is 328 g/mol. The molecule has 0 heterocycles. The molecule has 0 bridgehead atoms. The van der Waals surface area contributed by atoms with Gasteiger partial charge in [0.15, 0.2) is 0 Å². The van der Waals surface area contributed by atoms with Gasteiger partial charge in [0.05, 0.1) is 11.8 Å². The number of carbonyl (C=O) groups is 1. The van der Waals surface area contributed by atoms with Gasteiger partial charge < -0.3 is 5.32 Å². The lowest BCUT2D eigenvalue weighted by Gasteiger charge is -2.23. The fraction of sp³-hybridized carbons (Fsp3) is 0.316. The lowest BCUT2D eigenvalue weighted by Crippen LogP contribution is -2.33. The summed E-state index contributed by atoms with van der Waals surface area (Å²) < 4.78 is 0. The summed E-state index contributed by atoms with van der Waals surface area (Å²) in [4.78, 5) is 14.3. The van der Waals surface area contributed by atoms with Crippen LogP contribution >= 0.6 is 11.8 Å². The first-order valence-electron chi connectivity index (χ1n) is 7.77. The van der Waals surface area contributed by atoms with Crippen LogP contribution in [0.15, 0.2) is 60.7 Å². The molecule has 4 heteroatoms. The Kier molecular flexibility index (Phi) is 7.17. The van der Waals surface area contributed by atoms with Crippen LogP contribution in [-0.2, 0) is 17.1 Å². The predicted molar refractivity (Wildman–Crippen MR) is 98.1 cm³/mol. The number of carbonyl (C=O) groups excluding carboxylic acids is 1. The van der Waals surface area contributed by atoms with Crippen LogP contribution in [-0.4, -0.2) is 30.3 Å². The van der Waals surface area contributed by atoms with Crippen LogP contribution in [0.3, 0.4) is 0 Å². The summed E-state index contributed by atoms with van der Waals surface area (Å²) >= 11 is 1.80. The summed E-state index contributed by atoms with van der Waals surface area (Å²) in [6.45, 7) is 0.586. The van der Waals surface area contributed by atoms with E-state index in [0.29, 0.717) is 13.0 Å². The minimum atomic E-state index is 0.0908. The van der Waals surface area contributed by atoms with Crippen LogP contribution in [0.25, 0.3) is 0 Å². The number of thioether (sulfide) groups is 1. The van der Waals surface area contributed by atoms with Crippen molar-refractivity contribution in [3.8, 4) is 0 Å². The molecular formula is C19H24N2OS. The third-order valence-electron chi connectivity index (χ3n) is 3.55. The van der Waals surface area contributed by atoms with Crippen LogP contribution in [0.4, 0.5) is 0 Å². The molecule has 0 saturated heterocycles. The van der Waals surface area contributed by atoms with Gasteiger partial charge in [-0.15, -0.1) is 11.8 Å². The van der Waals surface area contributed by atoms with Crippen molar-refractivity contribution < 1.29 is 4.79 Å². The molecule has 1 unspecified atom stereocenters. The average Bonchev–Trinajstić information content (AvgIpc) is 2.58. The van der Waals surface area contributed by atoms with Gasteiger partial charge in [0.25, 0.3) is 0 Å². The van der Waals surface area contributed by atoms with Crippen molar-refractivity contribution in [2.24, 2.45) is 0 Å². The lowest BCUT2D eigenvalue weighted by atomic mass is 10.2. The van der Waals surface area contributed by atoms with Gasteiger partial charge in [0.2, 0.25) is 5.91 Å². The molecule has 1 atom stereocenters. The second-order valence-electron chi connectivity index (χ2n) is 5.68. The van der Waals surface area contributed by atoms with Gasteiger partial charge >= 0.3 is 0 Å². The molecule has 3 nitrogen and oxygen atoms in total. The molecule has 0 aliphatic carbocycles. The highest BCUT2D eigenvalue weighted by Gasteiger charge is 2.16. The number of benzene rings is 2. The normalized spacial score (nSPS) is 12.1. The zero-order valence-corrected chi connectivity index (χ0v) is 14.6. The highest BCUT2D eigenvalue weighted by atomic mass is 32.2. The van der Waals surface area contributed by atoms with E-state index in [0.717, 1.165) is 11.3 Å². The maximum atomic E-state index is 12.2. The Balaban J connectivity index is 1.80. The number of hydrogen-bond donors (Lipinski definition) is 1. The second-order valence-corrected chi connectivity index (χ2v) is 6.85. The van der Waals surface area contributed by atoms with Crippen molar-refractivity contribution in [2.75, 3.05) is 14.1 Å². The molecule has 0 fully saturated rings.